The van der Waals surface area contributed by atoms with Crippen LogP contribution in [-0.4, -0.2) is 20.7 Å². The molecule has 0 unspecified atom stereocenters. The number of aromatic nitrogens is 3. The van der Waals surface area contributed by atoms with Gasteiger partial charge >= 0.3 is 0 Å². The van der Waals surface area contributed by atoms with E-state index in [1.165, 1.54) is 4.52 Å². The Balaban J connectivity index is 2.25. The largest absolute Gasteiger partial charge is 0.333 e. The number of hydrogen-bond donors (Lipinski definition) is 1. The molecule has 0 spiro atoms. The number of nitrogens with zero attached hydrogens (tertiary/aromatic N) is 3. The van der Waals surface area contributed by atoms with Gasteiger partial charge in [-0.3, -0.25) is 4.79 Å². The second-order valence-electron chi connectivity index (χ2n) is 5.19. The van der Waals surface area contributed by atoms with Crippen LogP contribution in [0.2, 0.25) is 0 Å². The maximum atomic E-state index is 12.2. The van der Waals surface area contributed by atoms with E-state index in [-0.39, 0.29) is 5.56 Å². The first-order valence-electron chi connectivity index (χ1n) is 6.96. The Morgan fingerprint density at radius 1 is 1.24 bits per heavy atom. The van der Waals surface area contributed by atoms with Gasteiger partial charge in [-0.2, -0.15) is 9.61 Å². The van der Waals surface area contributed by atoms with E-state index in [2.05, 4.69) is 5.10 Å². The van der Waals surface area contributed by atoms with E-state index in [0.29, 0.717) is 13.0 Å². The van der Waals surface area contributed by atoms with E-state index in [1.807, 2.05) is 48.9 Å². The van der Waals surface area contributed by atoms with Gasteiger partial charge in [-0.1, -0.05) is 24.3 Å². The van der Waals surface area contributed by atoms with Crippen LogP contribution >= 0.6 is 0 Å². The fourth-order valence-electron chi connectivity index (χ4n) is 2.60. The van der Waals surface area contributed by atoms with Gasteiger partial charge in [-0.25, -0.2) is 0 Å². The summed E-state index contributed by atoms with van der Waals surface area (Å²) in [7, 11) is 1.93. The van der Waals surface area contributed by atoms with Gasteiger partial charge in [0.1, 0.15) is 5.65 Å². The Morgan fingerprint density at radius 3 is 2.71 bits per heavy atom. The molecule has 0 bridgehead atoms. The highest BCUT2D eigenvalue weighted by Crippen LogP contribution is 2.22. The molecule has 2 N–H and O–H groups in total. The molecule has 0 aliphatic heterocycles. The Hall–Kier alpha value is -2.40. The van der Waals surface area contributed by atoms with E-state index < -0.39 is 0 Å². The fraction of sp³-hybridized carbons (Fsp3) is 0.250. The lowest BCUT2D eigenvalue weighted by Gasteiger charge is -2.08. The molecule has 0 amide bonds. The summed E-state index contributed by atoms with van der Waals surface area (Å²) in [5.41, 5.74) is 10.2. The van der Waals surface area contributed by atoms with Crippen molar-refractivity contribution in [2.75, 3.05) is 6.54 Å². The summed E-state index contributed by atoms with van der Waals surface area (Å²) in [6, 6.07) is 11.6. The molecule has 0 radical (unpaired) electrons. The topological polar surface area (TPSA) is 65.3 Å². The minimum atomic E-state index is -0.119. The number of nitrogens with two attached hydrogens (primary N) is 1. The van der Waals surface area contributed by atoms with Crippen molar-refractivity contribution in [3.05, 3.63) is 58.0 Å². The third-order valence-electron chi connectivity index (χ3n) is 3.79. The lowest BCUT2D eigenvalue weighted by Crippen LogP contribution is -2.21. The molecular weight excluding hydrogens is 264 g/mol. The quantitative estimate of drug-likeness (QED) is 0.792. The first kappa shape index (κ1) is 13.6. The molecule has 21 heavy (non-hydrogen) atoms. The Bertz CT molecular complexity index is 860. The number of benzene rings is 1. The van der Waals surface area contributed by atoms with Gasteiger partial charge in [-0.15, -0.1) is 0 Å². The summed E-state index contributed by atoms with van der Waals surface area (Å²) in [6.07, 6.45) is 0.674. The normalized spacial score (nSPS) is 11.2. The van der Waals surface area contributed by atoms with Gasteiger partial charge in [0.2, 0.25) is 0 Å². The van der Waals surface area contributed by atoms with Crippen LogP contribution in [0.15, 0.2) is 41.2 Å². The molecule has 2 aromatic heterocycles. The van der Waals surface area contributed by atoms with Crippen LogP contribution in [0.25, 0.3) is 16.9 Å². The summed E-state index contributed by atoms with van der Waals surface area (Å²) >= 11 is 0. The zero-order valence-electron chi connectivity index (χ0n) is 12.2. The average molecular weight is 282 g/mol. The van der Waals surface area contributed by atoms with Crippen LogP contribution in [0, 0.1) is 6.92 Å². The maximum absolute atomic E-state index is 12.2. The van der Waals surface area contributed by atoms with Crippen LogP contribution < -0.4 is 11.3 Å². The zero-order valence-corrected chi connectivity index (χ0v) is 12.2. The van der Waals surface area contributed by atoms with Crippen molar-refractivity contribution in [2.24, 2.45) is 12.8 Å². The van der Waals surface area contributed by atoms with Crippen molar-refractivity contribution in [1.82, 2.24) is 14.2 Å². The smallest absolute Gasteiger partial charge is 0.274 e. The third-order valence-corrected chi connectivity index (χ3v) is 3.79. The van der Waals surface area contributed by atoms with Crippen molar-refractivity contribution in [2.45, 2.75) is 13.3 Å². The molecule has 5 heteroatoms. The highest BCUT2D eigenvalue weighted by atomic mass is 16.1. The molecule has 1 aromatic carbocycles. The van der Waals surface area contributed by atoms with Crippen molar-refractivity contribution >= 4 is 5.65 Å². The van der Waals surface area contributed by atoms with Crippen molar-refractivity contribution in [3.8, 4) is 11.3 Å². The molecular formula is C16H18N4O. The summed E-state index contributed by atoms with van der Waals surface area (Å²) in [6.45, 7) is 2.56. The Kier molecular flexibility index (Phi) is 3.35. The van der Waals surface area contributed by atoms with E-state index in [0.717, 1.165) is 28.2 Å². The number of hydrogen-bond acceptors (Lipinski definition) is 3. The highest BCUT2D eigenvalue weighted by Gasteiger charge is 2.12. The summed E-state index contributed by atoms with van der Waals surface area (Å²) in [4.78, 5) is 12.2. The monoisotopic (exact) mass is 282 g/mol. The molecule has 3 aromatic rings. The van der Waals surface area contributed by atoms with Gasteiger partial charge in [-0.05, 0) is 19.0 Å². The average Bonchev–Trinajstić information content (AvgIpc) is 2.91. The van der Waals surface area contributed by atoms with Crippen LogP contribution in [0.5, 0.6) is 0 Å². The molecule has 0 aliphatic rings. The van der Waals surface area contributed by atoms with Gasteiger partial charge in [0.05, 0.1) is 5.69 Å². The predicted octanol–water partition coefficient (Wildman–Crippen LogP) is 1.51. The second-order valence-corrected chi connectivity index (χ2v) is 5.19. The zero-order chi connectivity index (χ0) is 15.0. The summed E-state index contributed by atoms with van der Waals surface area (Å²) in [5.74, 6) is 0. The van der Waals surface area contributed by atoms with Gasteiger partial charge < -0.3 is 10.3 Å². The standard InChI is InChI=1S/C16H18N4O/c1-11-5-3-4-6-13(11)14-10-15-19(2)12(7-8-17)9-16(21)20(15)18-14/h3-6,9-10H,7-8,17H2,1-2H3. The number of rotatable bonds is 3. The molecule has 0 fully saturated rings. The lowest BCUT2D eigenvalue weighted by molar-refractivity contribution is 0.757. The number of fused-ring (bicyclic) bond motifs is 1. The van der Waals surface area contributed by atoms with Crippen molar-refractivity contribution in [1.29, 1.82) is 0 Å². The Labute approximate surface area is 122 Å². The molecule has 3 rings (SSSR count). The Morgan fingerprint density at radius 2 is 2.00 bits per heavy atom. The molecule has 0 saturated heterocycles. The molecule has 0 aliphatic carbocycles. The maximum Gasteiger partial charge on any atom is 0.274 e. The summed E-state index contributed by atoms with van der Waals surface area (Å²) in [5, 5.41) is 4.46. The van der Waals surface area contributed by atoms with E-state index in [4.69, 9.17) is 5.73 Å². The molecule has 5 nitrogen and oxygen atoms in total. The second kappa shape index (κ2) is 5.18. The molecule has 2 heterocycles. The first-order chi connectivity index (χ1) is 10.1. The molecule has 0 atom stereocenters. The molecule has 0 saturated carbocycles. The van der Waals surface area contributed by atoms with Crippen LogP contribution in [-0.2, 0) is 13.5 Å². The van der Waals surface area contributed by atoms with Gasteiger partial charge in [0, 0.05) is 36.9 Å². The molecule has 108 valence electrons. The third kappa shape index (κ3) is 2.25. The minimum Gasteiger partial charge on any atom is -0.333 e. The highest BCUT2D eigenvalue weighted by molar-refractivity contribution is 5.67. The van der Waals surface area contributed by atoms with E-state index in [9.17, 15) is 4.79 Å². The minimum absolute atomic E-state index is 0.119. The van der Waals surface area contributed by atoms with Crippen molar-refractivity contribution < 1.29 is 0 Å². The fourth-order valence-corrected chi connectivity index (χ4v) is 2.60. The lowest BCUT2D eigenvalue weighted by atomic mass is 10.1. The van der Waals surface area contributed by atoms with Gasteiger partial charge in [0.15, 0.2) is 0 Å². The van der Waals surface area contributed by atoms with Crippen LogP contribution in [0.1, 0.15) is 11.3 Å². The number of aryl methyl sites for hydroxylation is 2. The van der Waals surface area contributed by atoms with E-state index >= 15 is 0 Å². The predicted molar refractivity (Wildman–Crippen MR) is 83.4 cm³/mol. The van der Waals surface area contributed by atoms with Crippen molar-refractivity contribution in [3.63, 3.8) is 0 Å². The first-order valence-corrected chi connectivity index (χ1v) is 6.96. The van der Waals surface area contributed by atoms with Crippen LogP contribution in [0.4, 0.5) is 0 Å². The summed E-state index contributed by atoms with van der Waals surface area (Å²) < 4.78 is 3.42. The SMILES string of the molecule is Cc1ccccc1-c1cc2n(C)c(CCN)cc(=O)n2n1. The van der Waals surface area contributed by atoms with Gasteiger partial charge in [0.25, 0.3) is 5.56 Å². The van der Waals surface area contributed by atoms with E-state index in [1.54, 1.807) is 6.07 Å². The van der Waals surface area contributed by atoms with Crippen LogP contribution in [0.3, 0.4) is 0 Å².